The Bertz CT molecular complexity index is 1830. The number of halogens is 3. The Kier molecular flexibility index (Phi) is 12.1. The van der Waals surface area contributed by atoms with Crippen LogP contribution in [0.25, 0.3) is 0 Å². The SMILES string of the molecule is COc1ccc(S(=O)(=O)N2C(C)CNCC2CCCc2c(F)cccc2NC(=O)C(N)C(Cc2ccc(F)cc2)c2ccc(Cl)cc2)cc1. The Morgan fingerprint density at radius 1 is 1.02 bits per heavy atom. The number of carbonyl (C=O) groups is 1. The van der Waals surface area contributed by atoms with E-state index < -0.39 is 33.7 Å². The summed E-state index contributed by atoms with van der Waals surface area (Å²) in [6.45, 7) is 2.82. The summed E-state index contributed by atoms with van der Waals surface area (Å²) in [5.41, 5.74) is 8.77. The predicted octanol–water partition coefficient (Wildman–Crippen LogP) is 6.29. The van der Waals surface area contributed by atoms with Crippen LogP contribution in [-0.2, 0) is 27.7 Å². The molecule has 1 aliphatic rings. The average molecular weight is 711 g/mol. The van der Waals surface area contributed by atoms with Crippen LogP contribution in [0.2, 0.25) is 5.02 Å². The van der Waals surface area contributed by atoms with Gasteiger partial charge in [0.1, 0.15) is 17.4 Å². The Hall–Kier alpha value is -3.87. The minimum Gasteiger partial charge on any atom is -0.497 e. The van der Waals surface area contributed by atoms with Gasteiger partial charge in [-0.25, -0.2) is 17.2 Å². The molecule has 12 heteroatoms. The molecule has 0 aliphatic carbocycles. The van der Waals surface area contributed by atoms with E-state index in [9.17, 15) is 17.6 Å². The van der Waals surface area contributed by atoms with E-state index in [1.807, 2.05) is 6.92 Å². The summed E-state index contributed by atoms with van der Waals surface area (Å²) in [4.78, 5) is 13.8. The Balaban J connectivity index is 1.30. The Morgan fingerprint density at radius 3 is 2.39 bits per heavy atom. The number of ether oxygens (including phenoxy) is 1. The van der Waals surface area contributed by atoms with E-state index in [1.54, 1.807) is 58.9 Å². The maximum Gasteiger partial charge on any atom is 0.243 e. The number of nitrogens with two attached hydrogens (primary N) is 1. The lowest BCUT2D eigenvalue weighted by Gasteiger charge is -2.40. The number of sulfonamides is 1. The van der Waals surface area contributed by atoms with Crippen LogP contribution in [0.15, 0.2) is 95.9 Å². The van der Waals surface area contributed by atoms with E-state index in [4.69, 9.17) is 22.1 Å². The molecule has 0 spiro atoms. The molecular weight excluding hydrogens is 670 g/mol. The molecule has 4 unspecified atom stereocenters. The lowest BCUT2D eigenvalue weighted by molar-refractivity contribution is -0.117. The molecule has 8 nitrogen and oxygen atoms in total. The first kappa shape index (κ1) is 36.4. The summed E-state index contributed by atoms with van der Waals surface area (Å²) < 4.78 is 63.1. The number of benzene rings is 4. The molecule has 0 aromatic heterocycles. The molecule has 0 bridgehead atoms. The Morgan fingerprint density at radius 2 is 1.71 bits per heavy atom. The van der Waals surface area contributed by atoms with E-state index in [-0.39, 0.29) is 29.2 Å². The number of hydrogen-bond donors (Lipinski definition) is 3. The van der Waals surface area contributed by atoms with Gasteiger partial charge in [0.05, 0.1) is 18.0 Å². The molecule has 4 atom stereocenters. The third-order valence-electron chi connectivity index (χ3n) is 8.99. The fourth-order valence-electron chi connectivity index (χ4n) is 6.41. The number of rotatable bonds is 13. The zero-order chi connectivity index (χ0) is 35.1. The standard InChI is InChI=1S/C37H41ClF2N4O4S/c1-24-22-42-23-29(44(24)49(46,47)31-19-17-30(48-2)18-20-31)5-3-6-32-34(40)7-4-8-35(32)43-37(45)36(41)33(26-11-13-27(38)14-12-26)21-25-9-15-28(39)16-10-25/h4,7-20,24,29,33,36,42H,3,5-6,21-23,41H2,1-2H3,(H,43,45). The molecule has 1 heterocycles. The van der Waals surface area contributed by atoms with E-state index in [0.717, 1.165) is 11.1 Å². The molecular formula is C37H41ClF2N4O4S. The van der Waals surface area contributed by atoms with Crippen LogP contribution in [-0.4, -0.2) is 57.0 Å². The van der Waals surface area contributed by atoms with E-state index in [1.165, 1.54) is 43.5 Å². The fraction of sp³-hybridized carbons (Fsp3) is 0.324. The first-order valence-corrected chi connectivity index (χ1v) is 18.0. The zero-order valence-electron chi connectivity index (χ0n) is 27.4. The number of amides is 1. The highest BCUT2D eigenvalue weighted by atomic mass is 35.5. The van der Waals surface area contributed by atoms with Crippen molar-refractivity contribution in [1.82, 2.24) is 9.62 Å². The molecule has 4 N–H and O–H groups in total. The quantitative estimate of drug-likeness (QED) is 0.150. The summed E-state index contributed by atoms with van der Waals surface area (Å²) in [7, 11) is -2.29. The second-order valence-corrected chi connectivity index (χ2v) is 14.6. The van der Waals surface area contributed by atoms with Crippen molar-refractivity contribution in [3.63, 3.8) is 0 Å². The van der Waals surface area contributed by atoms with Gasteiger partial charge in [-0.05, 0) is 104 Å². The van der Waals surface area contributed by atoms with Crippen molar-refractivity contribution in [1.29, 1.82) is 0 Å². The highest BCUT2D eigenvalue weighted by Gasteiger charge is 2.37. The number of hydrogen-bond acceptors (Lipinski definition) is 6. The predicted molar refractivity (Wildman–Crippen MR) is 188 cm³/mol. The first-order chi connectivity index (χ1) is 23.5. The van der Waals surface area contributed by atoms with Gasteiger partial charge in [0.25, 0.3) is 0 Å². The molecule has 49 heavy (non-hydrogen) atoms. The lowest BCUT2D eigenvalue weighted by Crippen LogP contribution is -2.58. The number of nitrogens with one attached hydrogen (secondary N) is 2. The topological polar surface area (TPSA) is 114 Å². The second-order valence-electron chi connectivity index (χ2n) is 12.3. The highest BCUT2D eigenvalue weighted by molar-refractivity contribution is 7.89. The molecule has 4 aromatic carbocycles. The van der Waals surface area contributed by atoms with Crippen molar-refractivity contribution in [3.05, 3.63) is 124 Å². The van der Waals surface area contributed by atoms with Gasteiger partial charge >= 0.3 is 0 Å². The molecule has 4 aromatic rings. The van der Waals surface area contributed by atoms with Crippen molar-refractivity contribution in [2.45, 2.75) is 61.5 Å². The number of nitrogens with zero attached hydrogens (tertiary/aromatic N) is 1. The van der Waals surface area contributed by atoms with Gasteiger partial charge in [0, 0.05) is 47.4 Å². The van der Waals surface area contributed by atoms with Crippen LogP contribution in [0.4, 0.5) is 14.5 Å². The van der Waals surface area contributed by atoms with Crippen molar-refractivity contribution < 1.29 is 26.7 Å². The molecule has 0 radical (unpaired) electrons. The molecule has 1 saturated heterocycles. The van der Waals surface area contributed by atoms with Crippen LogP contribution >= 0.6 is 11.6 Å². The van der Waals surface area contributed by atoms with Crippen molar-refractivity contribution in [2.75, 3.05) is 25.5 Å². The summed E-state index contributed by atoms with van der Waals surface area (Å²) in [6, 6.07) is 22.2. The average Bonchev–Trinajstić information content (AvgIpc) is 3.09. The molecule has 1 fully saturated rings. The maximum absolute atomic E-state index is 15.3. The Labute approximate surface area is 291 Å². The molecule has 5 rings (SSSR count). The van der Waals surface area contributed by atoms with Crippen LogP contribution in [0.1, 0.15) is 42.4 Å². The molecule has 1 aliphatic heterocycles. The number of anilines is 1. The third kappa shape index (κ3) is 8.84. The number of carbonyl (C=O) groups excluding carboxylic acids is 1. The smallest absolute Gasteiger partial charge is 0.243 e. The van der Waals surface area contributed by atoms with E-state index >= 15 is 4.39 Å². The number of methoxy groups -OCH3 is 1. The van der Waals surface area contributed by atoms with Crippen molar-refractivity contribution in [3.8, 4) is 5.75 Å². The monoisotopic (exact) mass is 710 g/mol. The third-order valence-corrected chi connectivity index (χ3v) is 11.3. The van der Waals surface area contributed by atoms with Crippen molar-refractivity contribution in [2.24, 2.45) is 5.73 Å². The summed E-state index contributed by atoms with van der Waals surface area (Å²) in [5.74, 6) is -1.28. The van der Waals surface area contributed by atoms with Crippen molar-refractivity contribution >= 4 is 33.2 Å². The summed E-state index contributed by atoms with van der Waals surface area (Å²) in [5, 5.41) is 6.70. The second kappa shape index (κ2) is 16.2. The minimum absolute atomic E-state index is 0.179. The van der Waals surface area contributed by atoms with Gasteiger partial charge in [-0.15, -0.1) is 0 Å². The van der Waals surface area contributed by atoms with Crippen LogP contribution in [0.3, 0.4) is 0 Å². The van der Waals surface area contributed by atoms with Gasteiger partial charge in [-0.3, -0.25) is 4.79 Å². The molecule has 0 saturated carbocycles. The number of piperazine rings is 1. The molecule has 1 amide bonds. The van der Waals surface area contributed by atoms with Gasteiger partial charge < -0.3 is 21.1 Å². The fourth-order valence-corrected chi connectivity index (χ4v) is 8.38. The van der Waals surface area contributed by atoms with Crippen LogP contribution < -0.4 is 21.1 Å². The van der Waals surface area contributed by atoms with Crippen LogP contribution in [0, 0.1) is 11.6 Å². The largest absolute Gasteiger partial charge is 0.497 e. The first-order valence-electron chi connectivity index (χ1n) is 16.2. The van der Waals surface area contributed by atoms with Gasteiger partial charge in [0.15, 0.2) is 0 Å². The summed E-state index contributed by atoms with van der Waals surface area (Å²) >= 11 is 6.11. The molecule has 260 valence electrons. The van der Waals surface area contributed by atoms with E-state index in [2.05, 4.69) is 10.6 Å². The van der Waals surface area contributed by atoms with Gasteiger partial charge in [-0.2, -0.15) is 4.31 Å². The summed E-state index contributed by atoms with van der Waals surface area (Å²) in [6.07, 6.45) is 1.54. The van der Waals surface area contributed by atoms with Crippen LogP contribution in [0.5, 0.6) is 5.75 Å². The normalized spacial score (nSPS) is 18.1. The maximum atomic E-state index is 15.3. The van der Waals surface area contributed by atoms with E-state index in [0.29, 0.717) is 54.4 Å². The lowest BCUT2D eigenvalue weighted by atomic mass is 9.85. The zero-order valence-corrected chi connectivity index (χ0v) is 29.0. The van der Waals surface area contributed by atoms with Gasteiger partial charge in [0.2, 0.25) is 15.9 Å². The van der Waals surface area contributed by atoms with Gasteiger partial charge in [-0.1, -0.05) is 41.9 Å². The minimum atomic E-state index is -3.81. The highest BCUT2D eigenvalue weighted by Crippen LogP contribution is 2.30.